The topological polar surface area (TPSA) is 61.2 Å². The molecule has 0 radical (unpaired) electrons. The van der Waals surface area contributed by atoms with Gasteiger partial charge in [-0.3, -0.25) is 4.79 Å². The molecule has 128 valence electrons. The Bertz CT molecular complexity index is 1010. The Hall–Kier alpha value is -2.95. The summed E-state index contributed by atoms with van der Waals surface area (Å²) in [4.78, 5) is 29.0. The molecule has 3 rings (SSSR count). The van der Waals surface area contributed by atoms with Crippen molar-refractivity contribution in [3.8, 4) is 5.75 Å². The van der Waals surface area contributed by atoms with E-state index in [0.29, 0.717) is 34.6 Å². The second kappa shape index (κ2) is 6.51. The predicted molar refractivity (Wildman–Crippen MR) is 97.3 cm³/mol. The van der Waals surface area contributed by atoms with Crippen molar-refractivity contribution in [2.75, 3.05) is 0 Å². The lowest BCUT2D eigenvalue weighted by Gasteiger charge is -2.12. The smallest absolute Gasteiger partial charge is 0.343 e. The molecule has 0 aliphatic heterocycles. The summed E-state index contributed by atoms with van der Waals surface area (Å²) in [6.07, 6.45) is 0. The fraction of sp³-hybridized carbons (Fsp3) is 0.250. The first-order valence-corrected chi connectivity index (χ1v) is 8.22. The van der Waals surface area contributed by atoms with E-state index < -0.39 is 5.97 Å². The van der Waals surface area contributed by atoms with Gasteiger partial charge in [-0.15, -0.1) is 0 Å². The quantitative estimate of drug-likeness (QED) is 0.542. The molecule has 5 nitrogen and oxygen atoms in total. The van der Waals surface area contributed by atoms with Crippen molar-refractivity contribution in [1.82, 2.24) is 9.55 Å². The molecule has 0 amide bonds. The van der Waals surface area contributed by atoms with Gasteiger partial charge in [0, 0.05) is 6.54 Å². The van der Waals surface area contributed by atoms with Crippen molar-refractivity contribution in [2.45, 2.75) is 34.2 Å². The maximum atomic E-state index is 12.6. The number of carbonyl (C=O) groups is 1. The van der Waals surface area contributed by atoms with E-state index in [1.807, 2.05) is 39.0 Å². The average molecular weight is 336 g/mol. The molecule has 0 saturated heterocycles. The minimum Gasteiger partial charge on any atom is -0.422 e. The largest absolute Gasteiger partial charge is 0.422 e. The van der Waals surface area contributed by atoms with Crippen LogP contribution in [0.2, 0.25) is 0 Å². The summed E-state index contributed by atoms with van der Waals surface area (Å²) in [7, 11) is 0. The highest BCUT2D eigenvalue weighted by molar-refractivity contribution is 5.95. The van der Waals surface area contributed by atoms with Crippen LogP contribution in [-0.4, -0.2) is 15.5 Å². The summed E-state index contributed by atoms with van der Waals surface area (Å²) < 4.78 is 7.24. The first-order chi connectivity index (χ1) is 11.9. The van der Waals surface area contributed by atoms with Gasteiger partial charge in [0.1, 0.15) is 11.4 Å². The Morgan fingerprint density at radius 3 is 2.44 bits per heavy atom. The third kappa shape index (κ3) is 3.05. The summed E-state index contributed by atoms with van der Waals surface area (Å²) >= 11 is 0. The highest BCUT2D eigenvalue weighted by atomic mass is 16.5. The fourth-order valence-electron chi connectivity index (χ4n) is 2.93. The van der Waals surface area contributed by atoms with Crippen LogP contribution >= 0.6 is 0 Å². The number of ether oxygens (including phenoxy) is 1. The normalized spacial score (nSPS) is 10.9. The zero-order chi connectivity index (χ0) is 18.1. The number of nitrogens with zero attached hydrogens (tertiary/aromatic N) is 2. The molecule has 0 spiro atoms. The molecular formula is C20H20N2O3. The third-order valence-electron chi connectivity index (χ3n) is 4.26. The summed E-state index contributed by atoms with van der Waals surface area (Å²) in [6, 6.07) is 10.8. The fourth-order valence-corrected chi connectivity index (χ4v) is 2.93. The molecule has 0 N–H and O–H groups in total. The van der Waals surface area contributed by atoms with Gasteiger partial charge in [-0.25, -0.2) is 9.78 Å². The van der Waals surface area contributed by atoms with Crippen LogP contribution in [0.4, 0.5) is 0 Å². The number of carbonyl (C=O) groups excluding carboxylic acids is 1. The summed E-state index contributed by atoms with van der Waals surface area (Å²) in [6.45, 7) is 7.94. The van der Waals surface area contributed by atoms with Crippen molar-refractivity contribution >= 4 is 17.0 Å². The van der Waals surface area contributed by atoms with Gasteiger partial charge in [0.25, 0.3) is 5.56 Å². The molecule has 2 aromatic carbocycles. The van der Waals surface area contributed by atoms with Crippen LogP contribution in [0.15, 0.2) is 41.2 Å². The van der Waals surface area contributed by atoms with E-state index >= 15 is 0 Å². The number of para-hydroxylation sites is 1. The van der Waals surface area contributed by atoms with Crippen LogP contribution in [-0.2, 0) is 6.54 Å². The Kier molecular flexibility index (Phi) is 4.40. The van der Waals surface area contributed by atoms with Crippen LogP contribution in [0.5, 0.6) is 5.75 Å². The van der Waals surface area contributed by atoms with Crippen molar-refractivity contribution < 1.29 is 9.53 Å². The minimum atomic E-state index is -0.437. The Labute approximate surface area is 145 Å². The number of hydrogen-bond donors (Lipinski definition) is 0. The van der Waals surface area contributed by atoms with Crippen LogP contribution in [0, 0.1) is 20.8 Å². The molecule has 1 aromatic heterocycles. The molecule has 0 aliphatic carbocycles. The number of benzene rings is 2. The predicted octanol–water partition coefficient (Wildman–Crippen LogP) is 3.56. The van der Waals surface area contributed by atoms with Gasteiger partial charge in [-0.05, 0) is 57.0 Å². The SMILES string of the molecule is CCn1c(=O)c(C)nc2cc(C(=O)Oc3c(C)cccc3C)ccc21. The molecule has 0 atom stereocenters. The van der Waals surface area contributed by atoms with E-state index in [9.17, 15) is 9.59 Å². The van der Waals surface area contributed by atoms with Crippen LogP contribution < -0.4 is 10.3 Å². The van der Waals surface area contributed by atoms with Crippen molar-refractivity contribution in [3.63, 3.8) is 0 Å². The lowest BCUT2D eigenvalue weighted by molar-refractivity contribution is 0.0732. The second-order valence-electron chi connectivity index (χ2n) is 6.06. The van der Waals surface area contributed by atoms with Gasteiger partial charge in [-0.2, -0.15) is 0 Å². The van der Waals surface area contributed by atoms with Crippen molar-refractivity contribution in [2.24, 2.45) is 0 Å². The number of aromatic nitrogens is 2. The number of rotatable bonds is 3. The molecule has 0 aliphatic rings. The van der Waals surface area contributed by atoms with Crippen LogP contribution in [0.25, 0.3) is 11.0 Å². The first-order valence-electron chi connectivity index (χ1n) is 8.22. The second-order valence-corrected chi connectivity index (χ2v) is 6.06. The van der Waals surface area contributed by atoms with Crippen LogP contribution in [0.3, 0.4) is 0 Å². The third-order valence-corrected chi connectivity index (χ3v) is 4.26. The maximum absolute atomic E-state index is 12.6. The van der Waals surface area contributed by atoms with Gasteiger partial charge >= 0.3 is 5.97 Å². The maximum Gasteiger partial charge on any atom is 0.343 e. The van der Waals surface area contributed by atoms with E-state index in [2.05, 4.69) is 4.98 Å². The Balaban J connectivity index is 2.03. The van der Waals surface area contributed by atoms with Crippen LogP contribution in [0.1, 0.15) is 34.1 Å². The van der Waals surface area contributed by atoms with Gasteiger partial charge in [0.15, 0.2) is 0 Å². The summed E-state index contributed by atoms with van der Waals surface area (Å²) in [5, 5.41) is 0. The number of hydrogen-bond acceptors (Lipinski definition) is 4. The summed E-state index contributed by atoms with van der Waals surface area (Å²) in [5.74, 6) is 0.142. The Morgan fingerprint density at radius 2 is 1.80 bits per heavy atom. The lowest BCUT2D eigenvalue weighted by Crippen LogP contribution is -2.23. The van der Waals surface area contributed by atoms with Crippen molar-refractivity contribution in [3.05, 3.63) is 69.1 Å². The number of fused-ring (bicyclic) bond motifs is 1. The molecule has 0 unspecified atom stereocenters. The molecule has 0 saturated carbocycles. The summed E-state index contributed by atoms with van der Waals surface area (Å²) in [5.41, 5.74) is 3.83. The van der Waals surface area contributed by atoms with Gasteiger partial charge in [-0.1, -0.05) is 18.2 Å². The highest BCUT2D eigenvalue weighted by Gasteiger charge is 2.15. The average Bonchev–Trinajstić information content (AvgIpc) is 2.59. The van der Waals surface area contributed by atoms with E-state index in [1.54, 1.807) is 29.7 Å². The van der Waals surface area contributed by atoms with E-state index in [-0.39, 0.29) is 5.56 Å². The van der Waals surface area contributed by atoms with Gasteiger partial charge in [0.05, 0.1) is 16.6 Å². The number of aryl methyl sites for hydroxylation is 4. The molecule has 3 aromatic rings. The first kappa shape index (κ1) is 16.9. The molecule has 0 bridgehead atoms. The molecule has 0 fully saturated rings. The van der Waals surface area contributed by atoms with E-state index in [4.69, 9.17) is 4.74 Å². The monoisotopic (exact) mass is 336 g/mol. The van der Waals surface area contributed by atoms with Crippen molar-refractivity contribution in [1.29, 1.82) is 0 Å². The number of esters is 1. The van der Waals surface area contributed by atoms with E-state index in [1.165, 1.54) is 0 Å². The van der Waals surface area contributed by atoms with Gasteiger partial charge < -0.3 is 9.30 Å². The Morgan fingerprint density at radius 1 is 1.12 bits per heavy atom. The molecule has 25 heavy (non-hydrogen) atoms. The zero-order valence-electron chi connectivity index (χ0n) is 14.8. The molecular weight excluding hydrogens is 316 g/mol. The van der Waals surface area contributed by atoms with E-state index in [0.717, 1.165) is 11.1 Å². The lowest BCUT2D eigenvalue weighted by atomic mass is 10.1. The minimum absolute atomic E-state index is 0.110. The molecule has 1 heterocycles. The molecule has 5 heteroatoms. The van der Waals surface area contributed by atoms with Gasteiger partial charge in [0.2, 0.25) is 0 Å². The standard InChI is InChI=1S/C20H20N2O3/c1-5-22-17-10-9-15(11-16(17)21-14(4)19(22)23)20(24)25-18-12(2)7-6-8-13(18)3/h6-11H,5H2,1-4H3. The highest BCUT2D eigenvalue weighted by Crippen LogP contribution is 2.24. The zero-order valence-corrected chi connectivity index (χ0v) is 14.8.